The monoisotopic (exact) mass is 843 g/mol. The lowest BCUT2D eigenvalue weighted by Crippen LogP contribution is -2.45. The first-order valence-electron chi connectivity index (χ1n) is 21.1. The summed E-state index contributed by atoms with van der Waals surface area (Å²) in [5.74, 6) is -7.97. The van der Waals surface area contributed by atoms with E-state index in [4.69, 9.17) is 10.8 Å². The standard InChI is InChI=1S/C40H70N6O13/c1-42-28(37(41)53)18-16-17-27-43-32(47)24-21-29(38(54)55)45-34(49)26-23-31(40(58)59)46-35(50)25-22-30(39(56)57)44-33(48)19-14-12-10-8-6-4-2-3-5-7-9-11-13-15-20-36(51)52/h28-31,42H,2-27H2,1H3,(H2,41,53)(H,43,47)(H,44,48)(H,45,49)(H,46,50)(H,51,52)(H,54,55)(H,56,57)(H,58,59)/t28-,29-,30-,31-/m0/s1. The molecule has 0 aromatic carbocycles. The number of carbonyl (C=O) groups excluding carboxylic acids is 5. The van der Waals surface area contributed by atoms with Crippen molar-refractivity contribution in [2.45, 2.75) is 185 Å². The Kier molecular flexibility index (Phi) is 31.3. The first-order chi connectivity index (χ1) is 28.1. The summed E-state index contributed by atoms with van der Waals surface area (Å²) in [4.78, 5) is 107. The van der Waals surface area contributed by atoms with Gasteiger partial charge in [0.1, 0.15) is 18.1 Å². The van der Waals surface area contributed by atoms with E-state index in [1.54, 1.807) is 7.05 Å². The minimum absolute atomic E-state index is 0.129. The van der Waals surface area contributed by atoms with Crippen molar-refractivity contribution in [3.63, 3.8) is 0 Å². The number of primary amides is 1. The van der Waals surface area contributed by atoms with Gasteiger partial charge in [0, 0.05) is 38.6 Å². The Bertz CT molecular complexity index is 1310. The maximum absolute atomic E-state index is 12.5. The molecule has 0 aliphatic heterocycles. The molecule has 0 heterocycles. The van der Waals surface area contributed by atoms with Crippen LogP contribution in [0.1, 0.15) is 161 Å². The molecule has 0 rings (SSSR count). The molecule has 5 amide bonds. The van der Waals surface area contributed by atoms with Crippen LogP contribution in [-0.2, 0) is 43.2 Å². The zero-order valence-corrected chi connectivity index (χ0v) is 34.7. The minimum atomic E-state index is -1.54. The first kappa shape index (κ1) is 54.2. The largest absolute Gasteiger partial charge is 0.481 e. The number of nitrogens with two attached hydrogens (primary N) is 1. The summed E-state index contributed by atoms with van der Waals surface area (Å²) >= 11 is 0. The lowest BCUT2D eigenvalue weighted by Gasteiger charge is -2.18. The van der Waals surface area contributed by atoms with Gasteiger partial charge in [0.25, 0.3) is 0 Å². The summed E-state index contributed by atoms with van der Waals surface area (Å²) in [6.07, 6.45) is 14.3. The van der Waals surface area contributed by atoms with Crippen LogP contribution < -0.4 is 32.3 Å². The Hall–Kier alpha value is -4.81. The van der Waals surface area contributed by atoms with Gasteiger partial charge in [-0.05, 0) is 58.4 Å². The molecule has 0 saturated carbocycles. The van der Waals surface area contributed by atoms with E-state index in [0.29, 0.717) is 25.7 Å². The summed E-state index contributed by atoms with van der Waals surface area (Å²) in [5.41, 5.74) is 5.26. The van der Waals surface area contributed by atoms with Gasteiger partial charge in [0.15, 0.2) is 0 Å². The second-order valence-electron chi connectivity index (χ2n) is 14.9. The lowest BCUT2D eigenvalue weighted by molar-refractivity contribution is -0.144. The molecule has 0 spiro atoms. The summed E-state index contributed by atoms with van der Waals surface area (Å²) < 4.78 is 0. The molecule has 4 atom stereocenters. The fraction of sp³-hybridized carbons (Fsp3) is 0.775. The van der Waals surface area contributed by atoms with Gasteiger partial charge in [0.2, 0.25) is 29.5 Å². The maximum atomic E-state index is 12.5. The Balaban J connectivity index is 4.37. The predicted molar refractivity (Wildman–Crippen MR) is 217 cm³/mol. The van der Waals surface area contributed by atoms with Crippen molar-refractivity contribution in [2.24, 2.45) is 5.73 Å². The fourth-order valence-electron chi connectivity index (χ4n) is 6.30. The molecule has 0 aromatic rings. The molecule has 59 heavy (non-hydrogen) atoms. The third-order valence-corrected chi connectivity index (χ3v) is 9.86. The molecular weight excluding hydrogens is 772 g/mol. The first-order valence-corrected chi connectivity index (χ1v) is 21.1. The van der Waals surface area contributed by atoms with Crippen LogP contribution in [0.2, 0.25) is 0 Å². The molecule has 0 radical (unpaired) electrons. The summed E-state index contributed by atoms with van der Waals surface area (Å²) in [7, 11) is 1.61. The highest BCUT2D eigenvalue weighted by Crippen LogP contribution is 2.14. The van der Waals surface area contributed by atoms with Gasteiger partial charge in [-0.15, -0.1) is 0 Å². The summed E-state index contributed by atoms with van der Waals surface area (Å²) in [6, 6.07) is -4.81. The number of rotatable bonds is 39. The number of hydrogen-bond donors (Lipinski definition) is 10. The van der Waals surface area contributed by atoms with E-state index in [1.165, 1.54) is 25.7 Å². The van der Waals surface area contributed by atoms with Gasteiger partial charge in [-0.3, -0.25) is 28.8 Å². The number of hydrogen-bond acceptors (Lipinski definition) is 10. The van der Waals surface area contributed by atoms with Crippen molar-refractivity contribution in [3.8, 4) is 0 Å². The minimum Gasteiger partial charge on any atom is -0.481 e. The zero-order chi connectivity index (χ0) is 44.4. The van der Waals surface area contributed by atoms with E-state index >= 15 is 0 Å². The zero-order valence-electron chi connectivity index (χ0n) is 34.7. The van der Waals surface area contributed by atoms with Crippen LogP contribution >= 0.6 is 0 Å². The van der Waals surface area contributed by atoms with Crippen molar-refractivity contribution in [2.75, 3.05) is 13.6 Å². The number of carboxylic acid groups (broad SMARTS) is 4. The Morgan fingerprint density at radius 1 is 0.407 bits per heavy atom. The van der Waals surface area contributed by atoms with Crippen molar-refractivity contribution in [1.29, 1.82) is 0 Å². The average molecular weight is 843 g/mol. The Morgan fingerprint density at radius 3 is 1.08 bits per heavy atom. The van der Waals surface area contributed by atoms with Gasteiger partial charge in [-0.2, -0.15) is 0 Å². The van der Waals surface area contributed by atoms with Crippen LogP contribution in [0.5, 0.6) is 0 Å². The highest BCUT2D eigenvalue weighted by atomic mass is 16.4. The van der Waals surface area contributed by atoms with Crippen LogP contribution in [-0.4, -0.2) is 112 Å². The van der Waals surface area contributed by atoms with Gasteiger partial charge in [0.05, 0.1) is 6.04 Å². The molecule has 0 unspecified atom stereocenters. The van der Waals surface area contributed by atoms with Crippen LogP contribution in [0.15, 0.2) is 0 Å². The molecule has 0 aliphatic carbocycles. The van der Waals surface area contributed by atoms with Gasteiger partial charge in [-0.25, -0.2) is 14.4 Å². The molecular formula is C40H70N6O13. The van der Waals surface area contributed by atoms with Crippen LogP contribution in [0.3, 0.4) is 0 Å². The second kappa shape index (κ2) is 34.1. The average Bonchev–Trinajstić information content (AvgIpc) is 3.17. The molecule has 19 heteroatoms. The van der Waals surface area contributed by atoms with Gasteiger partial charge < -0.3 is 52.7 Å². The summed E-state index contributed by atoms with van der Waals surface area (Å²) in [5, 5.41) is 49.6. The van der Waals surface area contributed by atoms with E-state index in [-0.39, 0.29) is 38.6 Å². The number of nitrogens with one attached hydrogen (secondary N) is 5. The number of carbonyl (C=O) groups is 9. The summed E-state index contributed by atoms with van der Waals surface area (Å²) in [6.45, 7) is 0.290. The highest BCUT2D eigenvalue weighted by Gasteiger charge is 2.26. The van der Waals surface area contributed by atoms with Crippen molar-refractivity contribution in [3.05, 3.63) is 0 Å². The smallest absolute Gasteiger partial charge is 0.326 e. The van der Waals surface area contributed by atoms with Gasteiger partial charge >= 0.3 is 23.9 Å². The van der Waals surface area contributed by atoms with E-state index in [9.17, 15) is 58.5 Å². The SMILES string of the molecule is CN[C@@H](CCCCNC(=O)CC[C@H](NC(=O)CC[C@H](NC(=O)CC[C@H](NC(=O)CCCCCCCCCCCCCCCCC(=O)O)C(=O)O)C(=O)O)C(=O)O)C(N)=O. The molecule has 0 saturated heterocycles. The lowest BCUT2D eigenvalue weighted by atomic mass is 10.0. The topological polar surface area (TPSA) is 321 Å². The van der Waals surface area contributed by atoms with Crippen LogP contribution in [0.25, 0.3) is 0 Å². The molecule has 0 bridgehead atoms. The third-order valence-electron chi connectivity index (χ3n) is 9.86. The van der Waals surface area contributed by atoms with Crippen molar-refractivity contribution >= 4 is 53.4 Å². The predicted octanol–water partition coefficient (Wildman–Crippen LogP) is 2.72. The molecule has 19 nitrogen and oxygen atoms in total. The van der Waals surface area contributed by atoms with E-state index in [1.807, 2.05) is 0 Å². The van der Waals surface area contributed by atoms with E-state index in [0.717, 1.165) is 57.8 Å². The molecule has 0 fully saturated rings. The molecule has 338 valence electrons. The maximum Gasteiger partial charge on any atom is 0.326 e. The van der Waals surface area contributed by atoms with Gasteiger partial charge in [-0.1, -0.05) is 77.0 Å². The molecule has 0 aliphatic rings. The molecule has 0 aromatic heterocycles. The Labute approximate surface area is 347 Å². The van der Waals surface area contributed by atoms with E-state index in [2.05, 4.69) is 26.6 Å². The quantitative estimate of drug-likeness (QED) is 0.0398. The second-order valence-corrected chi connectivity index (χ2v) is 14.9. The van der Waals surface area contributed by atoms with E-state index < -0.39 is 96.8 Å². The number of likely N-dealkylation sites (N-methyl/N-ethyl adjacent to an activating group) is 1. The van der Waals surface area contributed by atoms with Crippen LogP contribution in [0.4, 0.5) is 0 Å². The number of aliphatic carboxylic acids is 4. The van der Waals surface area contributed by atoms with Crippen molar-refractivity contribution < 1.29 is 63.6 Å². The molecule has 11 N–H and O–H groups in total. The van der Waals surface area contributed by atoms with Crippen LogP contribution in [0, 0.1) is 0 Å². The number of amides is 5. The number of unbranched alkanes of at least 4 members (excludes halogenated alkanes) is 14. The number of carboxylic acids is 4. The normalized spacial score (nSPS) is 13.0. The third kappa shape index (κ3) is 30.9. The highest BCUT2D eigenvalue weighted by molar-refractivity contribution is 5.87. The Morgan fingerprint density at radius 2 is 0.746 bits per heavy atom. The van der Waals surface area contributed by atoms with Crippen molar-refractivity contribution in [1.82, 2.24) is 26.6 Å². The fourth-order valence-corrected chi connectivity index (χ4v) is 6.30.